The summed E-state index contributed by atoms with van der Waals surface area (Å²) >= 11 is 3.01. The summed E-state index contributed by atoms with van der Waals surface area (Å²) in [5, 5.41) is 26.6. The van der Waals surface area contributed by atoms with Crippen LogP contribution in [0.3, 0.4) is 0 Å². The summed E-state index contributed by atoms with van der Waals surface area (Å²) in [5.41, 5.74) is 0.351. The van der Waals surface area contributed by atoms with Gasteiger partial charge in [-0.05, 0) is 39.3 Å². The molecule has 0 bridgehead atoms. The number of oxime groups is 1. The average Bonchev–Trinajstić information content (AvgIpc) is 2.94. The van der Waals surface area contributed by atoms with E-state index in [1.807, 2.05) is 4.72 Å². The zero-order chi connectivity index (χ0) is 17.0. The van der Waals surface area contributed by atoms with Crippen molar-refractivity contribution in [3.05, 3.63) is 39.9 Å². The first-order chi connectivity index (χ1) is 10.8. The number of aromatic nitrogens is 2. The molecule has 1 heterocycles. The quantitative estimate of drug-likeness (QED) is 0.243. The lowest BCUT2D eigenvalue weighted by molar-refractivity contribution is 0.300. The summed E-state index contributed by atoms with van der Waals surface area (Å²) < 4.78 is 41.7. The van der Waals surface area contributed by atoms with Gasteiger partial charge in [0.25, 0.3) is 10.2 Å². The van der Waals surface area contributed by atoms with E-state index in [9.17, 15) is 12.8 Å². The molecule has 0 fully saturated rings. The fourth-order valence-electron chi connectivity index (χ4n) is 1.51. The molecule has 0 saturated heterocycles. The Morgan fingerprint density at radius 1 is 1.48 bits per heavy atom. The normalized spacial score (nSPS) is 12.4. The molecule has 0 atom stereocenters. The third-order valence-electron chi connectivity index (χ3n) is 2.50. The smallest absolute Gasteiger partial charge is 0.274 e. The van der Waals surface area contributed by atoms with Crippen molar-refractivity contribution in [1.82, 2.24) is 15.0 Å². The number of nitrogens with two attached hydrogens (primary N) is 1. The Labute approximate surface area is 137 Å². The van der Waals surface area contributed by atoms with Crippen molar-refractivity contribution < 1.29 is 22.6 Å². The van der Waals surface area contributed by atoms with E-state index in [0.717, 1.165) is 0 Å². The van der Waals surface area contributed by atoms with Crippen LogP contribution in [0.25, 0.3) is 0 Å². The van der Waals surface area contributed by atoms with Gasteiger partial charge in [-0.15, -0.1) is 0 Å². The highest BCUT2D eigenvalue weighted by Gasteiger charge is 2.19. The second kappa shape index (κ2) is 6.99. The van der Waals surface area contributed by atoms with Crippen molar-refractivity contribution >= 4 is 37.7 Å². The van der Waals surface area contributed by atoms with E-state index in [0.29, 0.717) is 5.69 Å². The number of halogens is 2. The Balaban J connectivity index is 2.22. The van der Waals surface area contributed by atoms with Crippen molar-refractivity contribution in [1.29, 1.82) is 0 Å². The molecular weight excluding hydrogens is 399 g/mol. The van der Waals surface area contributed by atoms with Crippen LogP contribution in [0.1, 0.15) is 11.4 Å². The number of hydrogen-bond donors (Lipinski definition) is 4. The van der Waals surface area contributed by atoms with Crippen molar-refractivity contribution in [2.24, 2.45) is 10.3 Å². The van der Waals surface area contributed by atoms with Crippen molar-refractivity contribution in [2.45, 2.75) is 6.54 Å². The molecule has 13 heteroatoms. The molecule has 0 aliphatic carbocycles. The molecule has 0 saturated carbocycles. The molecule has 0 aliphatic heterocycles. The van der Waals surface area contributed by atoms with E-state index in [-0.39, 0.29) is 28.2 Å². The molecule has 1 aromatic carbocycles. The van der Waals surface area contributed by atoms with E-state index in [1.54, 1.807) is 0 Å². The first-order valence-electron chi connectivity index (χ1n) is 5.83. The molecule has 10 nitrogen and oxygen atoms in total. The van der Waals surface area contributed by atoms with Gasteiger partial charge in [-0.25, -0.2) is 14.2 Å². The predicted octanol–water partition coefficient (Wildman–Crippen LogP) is 0.512. The molecule has 0 spiro atoms. The Bertz CT molecular complexity index is 840. The highest BCUT2D eigenvalue weighted by molar-refractivity contribution is 9.10. The standard InChI is InChI=1S/C10H10BrFN6O4S/c11-6-3-5(1-2-7(6)12)15-10(16-19)9-8(17-22-18-9)4-14-23(13,20)21/h1-3,14,19H,4H2,(H,15,16)(H2,13,20,21). The fourth-order valence-corrected chi connectivity index (χ4v) is 2.23. The highest BCUT2D eigenvalue weighted by Crippen LogP contribution is 2.20. The SMILES string of the molecule is NS(=O)(=O)NCc1nonc1C(=NO)Nc1ccc(F)c(Br)c1. The van der Waals surface area contributed by atoms with Gasteiger partial charge in [0.2, 0.25) is 5.84 Å². The number of anilines is 1. The van der Waals surface area contributed by atoms with Gasteiger partial charge in [-0.1, -0.05) is 10.3 Å². The maximum Gasteiger partial charge on any atom is 0.274 e. The van der Waals surface area contributed by atoms with Gasteiger partial charge < -0.3 is 10.5 Å². The molecule has 5 N–H and O–H groups in total. The topological polar surface area (TPSA) is 156 Å². The zero-order valence-electron chi connectivity index (χ0n) is 11.2. The predicted molar refractivity (Wildman–Crippen MR) is 80.3 cm³/mol. The van der Waals surface area contributed by atoms with Crippen LogP contribution in [0.15, 0.2) is 32.5 Å². The fraction of sp³-hybridized carbons (Fsp3) is 0.100. The minimum absolute atomic E-state index is 0.0282. The van der Waals surface area contributed by atoms with Crippen LogP contribution in [0.5, 0.6) is 0 Å². The Morgan fingerprint density at radius 2 is 2.22 bits per heavy atom. The van der Waals surface area contributed by atoms with Crippen molar-refractivity contribution in [2.75, 3.05) is 5.32 Å². The average molecular weight is 409 g/mol. The molecule has 0 amide bonds. The minimum Gasteiger partial charge on any atom is -0.409 e. The van der Waals surface area contributed by atoms with Crippen LogP contribution in [0.4, 0.5) is 10.1 Å². The summed E-state index contributed by atoms with van der Waals surface area (Å²) in [6.45, 7) is -0.328. The first-order valence-corrected chi connectivity index (χ1v) is 8.17. The molecule has 124 valence electrons. The van der Waals surface area contributed by atoms with E-state index in [1.165, 1.54) is 18.2 Å². The molecule has 1 aromatic heterocycles. The summed E-state index contributed by atoms with van der Waals surface area (Å²) in [6.07, 6.45) is 0. The molecule has 0 unspecified atom stereocenters. The maximum atomic E-state index is 13.2. The van der Waals surface area contributed by atoms with Gasteiger partial charge in [0.05, 0.1) is 11.0 Å². The number of amidine groups is 1. The van der Waals surface area contributed by atoms with Crippen LogP contribution in [0, 0.1) is 5.82 Å². The van der Waals surface area contributed by atoms with Crippen LogP contribution < -0.4 is 15.2 Å². The molecular formula is C10H10BrFN6O4S. The van der Waals surface area contributed by atoms with Gasteiger partial charge in [0.15, 0.2) is 5.69 Å². The van der Waals surface area contributed by atoms with Gasteiger partial charge in [-0.3, -0.25) is 0 Å². The van der Waals surface area contributed by atoms with E-state index in [2.05, 4.69) is 41.3 Å². The third kappa shape index (κ3) is 4.69. The first kappa shape index (κ1) is 17.3. The van der Waals surface area contributed by atoms with E-state index in [4.69, 9.17) is 10.3 Å². The molecule has 0 aliphatic rings. The largest absolute Gasteiger partial charge is 0.409 e. The Hall–Kier alpha value is -2.09. The lowest BCUT2D eigenvalue weighted by atomic mass is 10.2. The third-order valence-corrected chi connectivity index (χ3v) is 3.66. The van der Waals surface area contributed by atoms with Gasteiger partial charge in [0, 0.05) is 5.69 Å². The maximum absolute atomic E-state index is 13.2. The zero-order valence-corrected chi connectivity index (χ0v) is 13.6. The number of benzene rings is 1. The summed E-state index contributed by atoms with van der Waals surface area (Å²) in [6, 6.07) is 3.98. The second-order valence-electron chi connectivity index (χ2n) is 4.13. The van der Waals surface area contributed by atoms with Crippen LogP contribution in [-0.2, 0) is 16.8 Å². The lowest BCUT2D eigenvalue weighted by Crippen LogP contribution is -2.31. The van der Waals surface area contributed by atoms with E-state index >= 15 is 0 Å². The van der Waals surface area contributed by atoms with Crippen molar-refractivity contribution in [3.63, 3.8) is 0 Å². The van der Waals surface area contributed by atoms with Crippen molar-refractivity contribution in [3.8, 4) is 0 Å². The van der Waals surface area contributed by atoms with Gasteiger partial charge >= 0.3 is 0 Å². The lowest BCUT2D eigenvalue weighted by Gasteiger charge is -2.07. The summed E-state index contributed by atoms with van der Waals surface area (Å²) in [5.74, 6) is -0.657. The minimum atomic E-state index is -3.95. The van der Waals surface area contributed by atoms with Crippen LogP contribution >= 0.6 is 15.9 Å². The van der Waals surface area contributed by atoms with Gasteiger partial charge in [0.1, 0.15) is 11.5 Å². The summed E-state index contributed by atoms with van der Waals surface area (Å²) in [4.78, 5) is 0. The monoisotopic (exact) mass is 408 g/mol. The van der Waals surface area contributed by atoms with Crippen LogP contribution in [-0.4, -0.2) is 29.8 Å². The molecule has 0 radical (unpaired) electrons. The second-order valence-corrected chi connectivity index (χ2v) is 6.36. The molecule has 23 heavy (non-hydrogen) atoms. The Kier molecular flexibility index (Phi) is 5.25. The number of nitrogens with one attached hydrogen (secondary N) is 2. The number of nitrogens with zero attached hydrogens (tertiary/aromatic N) is 3. The highest BCUT2D eigenvalue weighted by atomic mass is 79.9. The van der Waals surface area contributed by atoms with Crippen LogP contribution in [0.2, 0.25) is 0 Å². The number of rotatable bonds is 5. The van der Waals surface area contributed by atoms with E-state index < -0.39 is 16.0 Å². The number of hydrogen-bond acceptors (Lipinski definition) is 7. The molecule has 2 rings (SSSR count). The Morgan fingerprint density at radius 3 is 2.83 bits per heavy atom. The molecule has 2 aromatic rings. The van der Waals surface area contributed by atoms with Gasteiger partial charge in [-0.2, -0.15) is 13.1 Å². The summed E-state index contributed by atoms with van der Waals surface area (Å²) in [7, 11) is -3.95.